The van der Waals surface area contributed by atoms with E-state index in [1.54, 1.807) is 6.92 Å². The first-order chi connectivity index (χ1) is 9.22. The van der Waals surface area contributed by atoms with Gasteiger partial charge in [-0.1, -0.05) is 0 Å². The SMILES string of the molecule is CC(CS(C)=O)NC(=O)c1cc(F)c([N+](=O)[O-])cc1F. The molecule has 0 bridgehead atoms. The summed E-state index contributed by atoms with van der Waals surface area (Å²) in [4.78, 5) is 21.0. The van der Waals surface area contributed by atoms with Crippen molar-refractivity contribution in [1.82, 2.24) is 5.32 Å². The van der Waals surface area contributed by atoms with E-state index in [2.05, 4.69) is 5.32 Å². The maximum Gasteiger partial charge on any atom is 0.307 e. The first kappa shape index (κ1) is 16.2. The molecule has 0 saturated heterocycles. The van der Waals surface area contributed by atoms with Gasteiger partial charge >= 0.3 is 5.69 Å². The zero-order valence-electron chi connectivity index (χ0n) is 10.7. The Morgan fingerprint density at radius 3 is 2.55 bits per heavy atom. The number of hydrogen-bond donors (Lipinski definition) is 1. The highest BCUT2D eigenvalue weighted by atomic mass is 32.2. The molecule has 1 aromatic carbocycles. The van der Waals surface area contributed by atoms with E-state index in [0.29, 0.717) is 12.1 Å². The lowest BCUT2D eigenvalue weighted by Gasteiger charge is -2.12. The standard InChI is InChI=1S/C11H12F2N2O4S/c1-6(5-20(2)19)14-11(16)7-3-9(13)10(15(17)18)4-8(7)12/h3-4,6H,5H2,1-2H3,(H,14,16). The largest absolute Gasteiger partial charge is 0.349 e. The number of nitrogens with zero attached hydrogens (tertiary/aromatic N) is 1. The lowest BCUT2D eigenvalue weighted by Crippen LogP contribution is -2.36. The van der Waals surface area contributed by atoms with Gasteiger partial charge in [-0.25, -0.2) is 4.39 Å². The fourth-order valence-corrected chi connectivity index (χ4v) is 2.33. The number of carbonyl (C=O) groups is 1. The van der Waals surface area contributed by atoms with E-state index in [9.17, 15) is 27.9 Å². The molecule has 1 amide bonds. The summed E-state index contributed by atoms with van der Waals surface area (Å²) >= 11 is 0. The molecule has 0 aromatic heterocycles. The fourth-order valence-electron chi connectivity index (χ4n) is 1.55. The Balaban J connectivity index is 2.97. The van der Waals surface area contributed by atoms with E-state index in [1.807, 2.05) is 0 Å². The van der Waals surface area contributed by atoms with Crippen LogP contribution in [0.1, 0.15) is 17.3 Å². The third kappa shape index (κ3) is 4.05. The van der Waals surface area contributed by atoms with Gasteiger partial charge in [-0.05, 0) is 13.0 Å². The zero-order valence-corrected chi connectivity index (χ0v) is 11.5. The Kier molecular flexibility index (Phi) is 5.26. The molecule has 0 saturated carbocycles. The van der Waals surface area contributed by atoms with Crippen LogP contribution < -0.4 is 5.32 Å². The lowest BCUT2D eigenvalue weighted by atomic mass is 10.1. The smallest absolute Gasteiger partial charge is 0.307 e. The van der Waals surface area contributed by atoms with E-state index in [1.165, 1.54) is 6.26 Å². The Morgan fingerprint density at radius 2 is 2.05 bits per heavy atom. The summed E-state index contributed by atoms with van der Waals surface area (Å²) in [6.45, 7) is 1.55. The van der Waals surface area contributed by atoms with E-state index < -0.39 is 50.6 Å². The van der Waals surface area contributed by atoms with E-state index >= 15 is 0 Å². The van der Waals surface area contributed by atoms with Crippen molar-refractivity contribution in [3.05, 3.63) is 39.4 Å². The number of carbonyl (C=O) groups excluding carboxylic acids is 1. The predicted octanol–water partition coefficient (Wildman–Crippen LogP) is 1.37. The maximum absolute atomic E-state index is 13.6. The quantitative estimate of drug-likeness (QED) is 0.657. The molecule has 1 N–H and O–H groups in total. The van der Waals surface area contributed by atoms with Gasteiger partial charge in [0.25, 0.3) is 5.91 Å². The van der Waals surface area contributed by atoms with Crippen LogP contribution in [-0.2, 0) is 10.8 Å². The average Bonchev–Trinajstić information content (AvgIpc) is 2.29. The van der Waals surface area contributed by atoms with Gasteiger partial charge in [0.15, 0.2) is 0 Å². The Morgan fingerprint density at radius 1 is 1.45 bits per heavy atom. The molecular formula is C11H12F2N2O4S. The highest BCUT2D eigenvalue weighted by Crippen LogP contribution is 2.21. The van der Waals surface area contributed by atoms with Crippen LogP contribution >= 0.6 is 0 Å². The third-order valence-corrected chi connectivity index (χ3v) is 3.31. The Bertz CT molecular complexity index is 580. The third-order valence-electron chi connectivity index (χ3n) is 2.34. The molecule has 0 aliphatic carbocycles. The van der Waals surface area contributed by atoms with Gasteiger partial charge in [0.1, 0.15) is 5.82 Å². The van der Waals surface area contributed by atoms with Gasteiger partial charge in [-0.3, -0.25) is 19.1 Å². The van der Waals surface area contributed by atoms with Crippen molar-refractivity contribution in [2.45, 2.75) is 13.0 Å². The molecule has 0 aliphatic heterocycles. The van der Waals surface area contributed by atoms with Crippen LogP contribution in [-0.4, -0.2) is 33.1 Å². The number of benzene rings is 1. The first-order valence-electron chi connectivity index (χ1n) is 5.46. The normalized spacial score (nSPS) is 13.6. The molecule has 2 atom stereocenters. The summed E-state index contributed by atoms with van der Waals surface area (Å²) in [7, 11) is -1.16. The van der Waals surface area contributed by atoms with Crippen molar-refractivity contribution in [2.24, 2.45) is 0 Å². The molecule has 1 aromatic rings. The summed E-state index contributed by atoms with van der Waals surface area (Å²) in [5, 5.41) is 12.8. The second-order valence-electron chi connectivity index (χ2n) is 4.15. The van der Waals surface area contributed by atoms with E-state index in [0.717, 1.165) is 0 Å². The number of hydrogen-bond acceptors (Lipinski definition) is 4. The van der Waals surface area contributed by atoms with Gasteiger partial charge in [-0.15, -0.1) is 0 Å². The van der Waals surface area contributed by atoms with Gasteiger partial charge in [0, 0.05) is 28.9 Å². The zero-order chi connectivity index (χ0) is 15.4. The Labute approximate surface area is 115 Å². The van der Waals surface area contributed by atoms with Gasteiger partial charge in [0.2, 0.25) is 5.82 Å². The molecule has 6 nitrogen and oxygen atoms in total. The minimum Gasteiger partial charge on any atom is -0.349 e. The number of rotatable bonds is 5. The van der Waals surface area contributed by atoms with Crippen LogP contribution in [0.4, 0.5) is 14.5 Å². The topological polar surface area (TPSA) is 89.3 Å². The van der Waals surface area contributed by atoms with Crippen molar-refractivity contribution in [3.8, 4) is 0 Å². The van der Waals surface area contributed by atoms with Gasteiger partial charge in [-0.2, -0.15) is 4.39 Å². The number of amides is 1. The van der Waals surface area contributed by atoms with Crippen molar-refractivity contribution in [2.75, 3.05) is 12.0 Å². The average molecular weight is 306 g/mol. The summed E-state index contributed by atoms with van der Waals surface area (Å²) in [5.41, 5.74) is -1.68. The fraction of sp³-hybridized carbons (Fsp3) is 0.364. The van der Waals surface area contributed by atoms with E-state index in [4.69, 9.17) is 0 Å². The molecule has 0 radical (unpaired) electrons. The highest BCUT2D eigenvalue weighted by molar-refractivity contribution is 7.84. The molecular weight excluding hydrogens is 294 g/mol. The number of nitro groups is 1. The van der Waals surface area contributed by atoms with Crippen LogP contribution in [0.2, 0.25) is 0 Å². The van der Waals surface area contributed by atoms with E-state index in [-0.39, 0.29) is 5.75 Å². The first-order valence-corrected chi connectivity index (χ1v) is 7.19. The molecule has 0 fully saturated rings. The maximum atomic E-state index is 13.6. The van der Waals surface area contributed by atoms with Crippen LogP contribution in [0.15, 0.2) is 12.1 Å². The van der Waals surface area contributed by atoms with Crippen molar-refractivity contribution in [1.29, 1.82) is 0 Å². The van der Waals surface area contributed by atoms with Crippen LogP contribution in [0.3, 0.4) is 0 Å². The van der Waals surface area contributed by atoms with Crippen LogP contribution in [0.5, 0.6) is 0 Å². The summed E-state index contributed by atoms with van der Waals surface area (Å²) in [6.07, 6.45) is 1.44. The molecule has 110 valence electrons. The number of nitrogens with one attached hydrogen (secondary N) is 1. The second kappa shape index (κ2) is 6.51. The monoisotopic (exact) mass is 306 g/mol. The molecule has 0 heterocycles. The molecule has 2 unspecified atom stereocenters. The highest BCUT2D eigenvalue weighted by Gasteiger charge is 2.22. The molecule has 9 heteroatoms. The van der Waals surface area contributed by atoms with Crippen molar-refractivity contribution < 1.29 is 22.7 Å². The summed E-state index contributed by atoms with van der Waals surface area (Å²) in [6, 6.07) is 0.316. The molecule has 0 spiro atoms. The molecule has 20 heavy (non-hydrogen) atoms. The van der Waals surface area contributed by atoms with Crippen molar-refractivity contribution in [3.63, 3.8) is 0 Å². The second-order valence-corrected chi connectivity index (χ2v) is 5.63. The molecule has 1 rings (SSSR count). The van der Waals surface area contributed by atoms with Crippen molar-refractivity contribution >= 4 is 22.4 Å². The van der Waals surface area contributed by atoms with Gasteiger partial charge in [0.05, 0.1) is 16.6 Å². The lowest BCUT2D eigenvalue weighted by molar-refractivity contribution is -0.387. The molecule has 0 aliphatic rings. The predicted molar refractivity (Wildman–Crippen MR) is 68.9 cm³/mol. The van der Waals surface area contributed by atoms with Crippen LogP contribution in [0, 0.1) is 21.7 Å². The minimum absolute atomic E-state index is 0.156. The minimum atomic E-state index is -1.30. The van der Waals surface area contributed by atoms with Crippen LogP contribution in [0.25, 0.3) is 0 Å². The summed E-state index contributed by atoms with van der Waals surface area (Å²) < 4.78 is 37.9. The number of halogens is 2. The summed E-state index contributed by atoms with van der Waals surface area (Å²) in [5.74, 6) is -3.26. The number of nitro benzene ring substituents is 1. The van der Waals surface area contributed by atoms with Gasteiger partial charge < -0.3 is 5.32 Å². The Hall–Kier alpha value is -1.90.